The summed E-state index contributed by atoms with van der Waals surface area (Å²) in [5.41, 5.74) is -1.51. The molecule has 0 heterocycles. The number of carboxylic acid groups (broad SMARTS) is 1. The molecule has 15 nitrogen and oxygen atoms in total. The van der Waals surface area contributed by atoms with E-state index >= 15 is 0 Å². The number of ether oxygens (including phenoxy) is 5. The Morgan fingerprint density at radius 1 is 0.632 bits per heavy atom. The smallest absolute Gasteiger partial charge is 0.870 e. The SMILES string of the molecule is CCOC(=O)C(NC(=O)OC(C)(C)C)C(=O)O.CCOC(=O)C(NC(=O)OC(C)(C)C)C(=O)OCC.[K+].[OH-]. The molecule has 0 aliphatic heterocycles. The van der Waals surface area contributed by atoms with Crippen molar-refractivity contribution in [3.63, 3.8) is 0 Å². The quantitative estimate of drug-likeness (QED) is 0.121. The fourth-order valence-electron chi connectivity index (χ4n) is 1.96. The summed E-state index contributed by atoms with van der Waals surface area (Å²) in [5.74, 6) is -4.31. The van der Waals surface area contributed by atoms with Crippen LogP contribution in [-0.2, 0) is 42.9 Å². The molecule has 0 rings (SSSR count). The number of nitrogens with one attached hydrogen (secondary N) is 2. The molecule has 4 N–H and O–H groups in total. The summed E-state index contributed by atoms with van der Waals surface area (Å²) in [6, 6.07) is -3.28. The maximum absolute atomic E-state index is 11.6. The van der Waals surface area contributed by atoms with E-state index in [0.29, 0.717) is 0 Å². The first kappa shape index (κ1) is 43.1. The third kappa shape index (κ3) is 22.0. The second kappa shape index (κ2) is 20.9. The van der Waals surface area contributed by atoms with E-state index in [-0.39, 0.29) is 76.7 Å². The van der Waals surface area contributed by atoms with E-state index in [0.717, 1.165) is 0 Å². The molecule has 1 unspecified atom stereocenters. The molecule has 216 valence electrons. The second-order valence-electron chi connectivity index (χ2n) is 8.75. The summed E-state index contributed by atoms with van der Waals surface area (Å²) in [4.78, 5) is 67.9. The second-order valence-corrected chi connectivity index (χ2v) is 8.75. The van der Waals surface area contributed by atoms with Crippen LogP contribution in [0.3, 0.4) is 0 Å². The first-order valence-corrected chi connectivity index (χ1v) is 11.1. The molecule has 16 heteroatoms. The van der Waals surface area contributed by atoms with E-state index in [1.165, 1.54) is 6.92 Å². The number of hydrogen-bond donors (Lipinski definition) is 3. The van der Waals surface area contributed by atoms with Gasteiger partial charge in [-0.05, 0) is 62.3 Å². The molecule has 0 aromatic carbocycles. The Morgan fingerprint density at radius 3 is 1.13 bits per heavy atom. The fraction of sp³-hybridized carbons (Fsp3) is 0.727. The molecule has 0 aliphatic rings. The van der Waals surface area contributed by atoms with Crippen molar-refractivity contribution in [2.75, 3.05) is 19.8 Å². The van der Waals surface area contributed by atoms with Gasteiger partial charge in [0.25, 0.3) is 0 Å². The zero-order valence-corrected chi connectivity index (χ0v) is 26.8. The molecule has 0 fully saturated rings. The van der Waals surface area contributed by atoms with Crippen LogP contribution in [0.2, 0.25) is 0 Å². The topological polar surface area (TPSA) is 223 Å². The average molecular weight is 579 g/mol. The van der Waals surface area contributed by atoms with Gasteiger partial charge in [-0.25, -0.2) is 28.8 Å². The zero-order chi connectivity index (χ0) is 28.7. The summed E-state index contributed by atoms with van der Waals surface area (Å²) in [6.07, 6.45) is -1.88. The monoisotopic (exact) mass is 578 g/mol. The van der Waals surface area contributed by atoms with Gasteiger partial charge in [0.15, 0.2) is 0 Å². The Balaban J connectivity index is -0.000000291. The van der Waals surface area contributed by atoms with Gasteiger partial charge in [-0.1, -0.05) is 0 Å². The van der Waals surface area contributed by atoms with Gasteiger partial charge in [0.1, 0.15) is 11.2 Å². The van der Waals surface area contributed by atoms with Crippen molar-refractivity contribution in [1.82, 2.24) is 10.6 Å². The number of carbonyl (C=O) groups is 6. The summed E-state index contributed by atoms with van der Waals surface area (Å²) in [6.45, 7) is 14.8. The fourth-order valence-corrected chi connectivity index (χ4v) is 1.96. The number of amides is 2. The minimum absolute atomic E-state index is 0. The molecule has 38 heavy (non-hydrogen) atoms. The summed E-state index contributed by atoms with van der Waals surface area (Å²) >= 11 is 0. The van der Waals surface area contributed by atoms with Gasteiger partial charge in [-0.2, -0.15) is 0 Å². The van der Waals surface area contributed by atoms with Crippen LogP contribution in [0.25, 0.3) is 0 Å². The van der Waals surface area contributed by atoms with Crippen LogP contribution in [0.4, 0.5) is 9.59 Å². The molecule has 0 radical (unpaired) electrons. The number of esters is 3. The van der Waals surface area contributed by atoms with E-state index in [2.05, 4.69) is 10.1 Å². The Bertz CT molecular complexity index is 758. The maximum atomic E-state index is 11.6. The first-order chi connectivity index (χ1) is 16.4. The van der Waals surface area contributed by atoms with Gasteiger partial charge in [-0.15, -0.1) is 0 Å². The summed E-state index contributed by atoms with van der Waals surface area (Å²) in [7, 11) is 0. The largest absolute Gasteiger partial charge is 1.00 e. The van der Waals surface area contributed by atoms with Gasteiger partial charge in [0.2, 0.25) is 12.1 Å². The van der Waals surface area contributed by atoms with E-state index in [4.69, 9.17) is 24.1 Å². The average Bonchev–Trinajstić information content (AvgIpc) is 2.68. The molecule has 0 bridgehead atoms. The van der Waals surface area contributed by atoms with E-state index in [1.807, 2.05) is 5.32 Å². The number of hydrogen-bond acceptors (Lipinski definition) is 12. The number of carboxylic acids is 1. The number of aliphatic carboxylic acids is 1. The molecular weight excluding hydrogens is 539 g/mol. The Hall–Kier alpha value is -1.98. The van der Waals surface area contributed by atoms with Crippen LogP contribution in [0.5, 0.6) is 0 Å². The molecule has 0 aromatic rings. The molecule has 0 saturated heterocycles. The molecule has 0 aliphatic carbocycles. The Kier molecular flexibility index (Phi) is 23.7. The van der Waals surface area contributed by atoms with Crippen molar-refractivity contribution in [2.45, 2.75) is 85.6 Å². The van der Waals surface area contributed by atoms with E-state index < -0.39 is 59.3 Å². The predicted molar refractivity (Wildman–Crippen MR) is 126 cm³/mol. The number of alkyl carbamates (subject to hydrolysis) is 2. The van der Waals surface area contributed by atoms with E-state index in [1.54, 1.807) is 55.4 Å². The zero-order valence-electron chi connectivity index (χ0n) is 23.7. The molecule has 0 saturated carbocycles. The standard InChI is InChI=1S/C12H21NO6.C10H17NO6.K.H2O/c1-6-17-9(14)8(10(15)18-7-2)13-11(16)19-12(3,4)5;1-5-16-8(14)6(7(12)13)11-9(15)17-10(2,3)4;;/h8H,6-7H2,1-5H3,(H,13,16);6H,5H2,1-4H3,(H,11,15)(H,12,13);;1H2/q;;+1;/p-1. The van der Waals surface area contributed by atoms with Crippen molar-refractivity contribution in [1.29, 1.82) is 0 Å². The van der Waals surface area contributed by atoms with Crippen LogP contribution in [-0.4, -0.2) is 89.8 Å². The van der Waals surface area contributed by atoms with Gasteiger partial charge in [-0.3, -0.25) is 10.6 Å². The molecule has 2 amide bonds. The van der Waals surface area contributed by atoms with Crippen LogP contribution < -0.4 is 62.0 Å². The third-order valence-electron chi connectivity index (χ3n) is 3.14. The molecule has 0 aromatic heterocycles. The summed E-state index contributed by atoms with van der Waals surface area (Å²) in [5, 5.41) is 12.8. The van der Waals surface area contributed by atoms with Gasteiger partial charge < -0.3 is 34.3 Å². The number of rotatable bonds is 9. The van der Waals surface area contributed by atoms with Crippen LogP contribution in [0.1, 0.15) is 62.3 Å². The van der Waals surface area contributed by atoms with Crippen molar-refractivity contribution in [3.05, 3.63) is 0 Å². The normalized spacial score (nSPS) is 11.0. The van der Waals surface area contributed by atoms with E-state index in [9.17, 15) is 28.8 Å². The van der Waals surface area contributed by atoms with Crippen LogP contribution >= 0.6 is 0 Å². The predicted octanol–water partition coefficient (Wildman–Crippen LogP) is -1.64. The van der Waals surface area contributed by atoms with Crippen molar-refractivity contribution < 1.29 is 114 Å². The Morgan fingerprint density at radius 2 is 0.895 bits per heavy atom. The van der Waals surface area contributed by atoms with Crippen LogP contribution in [0, 0.1) is 0 Å². The minimum Gasteiger partial charge on any atom is -0.870 e. The van der Waals surface area contributed by atoms with Gasteiger partial charge >= 0.3 is 87.4 Å². The van der Waals surface area contributed by atoms with Crippen molar-refractivity contribution in [2.24, 2.45) is 0 Å². The summed E-state index contributed by atoms with van der Waals surface area (Å²) < 4.78 is 23.7. The van der Waals surface area contributed by atoms with Crippen LogP contribution in [0.15, 0.2) is 0 Å². The van der Waals surface area contributed by atoms with Crippen molar-refractivity contribution >= 4 is 36.1 Å². The third-order valence-corrected chi connectivity index (χ3v) is 3.14. The first-order valence-electron chi connectivity index (χ1n) is 11.1. The van der Waals surface area contributed by atoms with Crippen molar-refractivity contribution in [3.8, 4) is 0 Å². The van der Waals surface area contributed by atoms with Gasteiger partial charge in [0.05, 0.1) is 19.8 Å². The molecular formula is C22H39KN2O13. The van der Waals surface area contributed by atoms with Gasteiger partial charge in [0, 0.05) is 0 Å². The minimum atomic E-state index is -1.76. The molecule has 0 spiro atoms. The number of carbonyl (C=O) groups excluding carboxylic acids is 5. The molecule has 1 atom stereocenters. The Labute approximate surface area is 264 Å². The maximum Gasteiger partial charge on any atom is 1.00 e.